The van der Waals surface area contributed by atoms with Crippen molar-refractivity contribution in [2.24, 2.45) is 0 Å². The lowest BCUT2D eigenvalue weighted by Crippen LogP contribution is -2.14. The lowest BCUT2D eigenvalue weighted by Gasteiger charge is -2.08. The van der Waals surface area contributed by atoms with Gasteiger partial charge in [0.05, 0.1) is 11.6 Å². The van der Waals surface area contributed by atoms with Crippen molar-refractivity contribution < 1.29 is 9.53 Å². The van der Waals surface area contributed by atoms with Gasteiger partial charge in [-0.1, -0.05) is 11.6 Å². The van der Waals surface area contributed by atoms with Crippen molar-refractivity contribution in [1.29, 1.82) is 0 Å². The van der Waals surface area contributed by atoms with Crippen molar-refractivity contribution in [3.63, 3.8) is 0 Å². The first-order chi connectivity index (χ1) is 6.68. The standard InChI is InChI=1S/C9H7BrClNO2/c10-9-5-3-14-4-8(13)12-7(5)2-1-6(9)11/h1-2H,3-4H2,(H,12,13). The first kappa shape index (κ1) is 9.96. The van der Waals surface area contributed by atoms with Gasteiger partial charge < -0.3 is 10.1 Å². The van der Waals surface area contributed by atoms with E-state index in [1.807, 2.05) is 0 Å². The topological polar surface area (TPSA) is 38.3 Å². The number of amides is 1. The molecule has 0 bridgehead atoms. The van der Waals surface area contributed by atoms with E-state index in [0.717, 1.165) is 15.7 Å². The van der Waals surface area contributed by atoms with E-state index in [0.29, 0.717) is 11.6 Å². The third-order valence-electron chi connectivity index (χ3n) is 1.95. The van der Waals surface area contributed by atoms with E-state index in [2.05, 4.69) is 21.2 Å². The molecule has 1 heterocycles. The monoisotopic (exact) mass is 275 g/mol. The molecule has 1 amide bonds. The number of nitrogens with one attached hydrogen (secondary N) is 1. The molecule has 1 aliphatic rings. The van der Waals surface area contributed by atoms with Crippen LogP contribution in [-0.2, 0) is 16.1 Å². The second kappa shape index (κ2) is 3.88. The number of hydrogen-bond donors (Lipinski definition) is 1. The SMILES string of the molecule is O=C1COCc2c(ccc(Cl)c2Br)N1. The van der Waals surface area contributed by atoms with Crippen molar-refractivity contribution in [2.45, 2.75) is 6.61 Å². The highest BCUT2D eigenvalue weighted by Crippen LogP contribution is 2.33. The average molecular weight is 277 g/mol. The average Bonchev–Trinajstić information content (AvgIpc) is 2.34. The molecule has 0 saturated carbocycles. The van der Waals surface area contributed by atoms with E-state index in [1.165, 1.54) is 0 Å². The van der Waals surface area contributed by atoms with Gasteiger partial charge in [0.25, 0.3) is 0 Å². The van der Waals surface area contributed by atoms with Crippen LogP contribution in [0.3, 0.4) is 0 Å². The van der Waals surface area contributed by atoms with Crippen LogP contribution in [0.1, 0.15) is 5.56 Å². The number of halogens is 2. The van der Waals surface area contributed by atoms with Crippen molar-refractivity contribution in [3.05, 3.63) is 27.2 Å². The second-order valence-electron chi connectivity index (χ2n) is 2.93. The predicted octanol–water partition coefficient (Wildman–Crippen LogP) is 2.57. The van der Waals surface area contributed by atoms with Crippen LogP contribution in [0.25, 0.3) is 0 Å². The summed E-state index contributed by atoms with van der Waals surface area (Å²) in [5, 5.41) is 3.35. The molecule has 0 fully saturated rings. The number of carbonyl (C=O) groups is 1. The minimum absolute atomic E-state index is 0.0821. The molecular formula is C9H7BrClNO2. The molecule has 14 heavy (non-hydrogen) atoms. The quantitative estimate of drug-likeness (QED) is 0.791. The summed E-state index contributed by atoms with van der Waals surface area (Å²) in [5.74, 6) is -0.141. The fourth-order valence-electron chi connectivity index (χ4n) is 1.28. The van der Waals surface area contributed by atoms with Crippen molar-refractivity contribution in [3.8, 4) is 0 Å². The van der Waals surface area contributed by atoms with E-state index >= 15 is 0 Å². The van der Waals surface area contributed by atoms with Gasteiger partial charge in [0, 0.05) is 15.7 Å². The lowest BCUT2D eigenvalue weighted by atomic mass is 10.2. The number of carbonyl (C=O) groups excluding carboxylic acids is 1. The Balaban J connectivity index is 2.50. The lowest BCUT2D eigenvalue weighted by molar-refractivity contribution is -0.120. The summed E-state index contributed by atoms with van der Waals surface area (Å²) in [5.41, 5.74) is 1.63. The van der Waals surface area contributed by atoms with Gasteiger partial charge in [-0.3, -0.25) is 4.79 Å². The minimum atomic E-state index is -0.141. The summed E-state index contributed by atoms with van der Waals surface area (Å²) < 4.78 is 5.95. The number of fused-ring (bicyclic) bond motifs is 1. The molecule has 2 rings (SSSR count). The highest BCUT2D eigenvalue weighted by molar-refractivity contribution is 9.10. The highest BCUT2D eigenvalue weighted by atomic mass is 79.9. The molecule has 1 N–H and O–H groups in total. The van der Waals surface area contributed by atoms with E-state index in [4.69, 9.17) is 16.3 Å². The number of hydrogen-bond acceptors (Lipinski definition) is 2. The summed E-state index contributed by atoms with van der Waals surface area (Å²) in [6.07, 6.45) is 0. The summed E-state index contributed by atoms with van der Waals surface area (Å²) >= 11 is 9.28. The molecule has 0 atom stereocenters. The minimum Gasteiger partial charge on any atom is -0.367 e. The first-order valence-corrected chi connectivity index (χ1v) is 5.20. The van der Waals surface area contributed by atoms with Crippen molar-refractivity contribution >= 4 is 39.1 Å². The van der Waals surface area contributed by atoms with Gasteiger partial charge in [-0.2, -0.15) is 0 Å². The van der Waals surface area contributed by atoms with Crippen molar-refractivity contribution in [1.82, 2.24) is 0 Å². The van der Waals surface area contributed by atoms with E-state index in [1.54, 1.807) is 12.1 Å². The zero-order valence-corrected chi connectivity index (χ0v) is 9.48. The van der Waals surface area contributed by atoms with Crippen LogP contribution in [0, 0.1) is 0 Å². The molecule has 0 radical (unpaired) electrons. The van der Waals surface area contributed by atoms with Gasteiger partial charge in [-0.15, -0.1) is 0 Å². The molecule has 1 aromatic rings. The van der Waals surface area contributed by atoms with Crippen LogP contribution in [0.4, 0.5) is 5.69 Å². The van der Waals surface area contributed by atoms with Crippen LogP contribution >= 0.6 is 27.5 Å². The van der Waals surface area contributed by atoms with Gasteiger partial charge in [0.15, 0.2) is 0 Å². The molecule has 1 aliphatic heterocycles. The van der Waals surface area contributed by atoms with Crippen LogP contribution < -0.4 is 5.32 Å². The van der Waals surface area contributed by atoms with Gasteiger partial charge in [0.2, 0.25) is 5.91 Å². The van der Waals surface area contributed by atoms with Crippen LogP contribution in [0.15, 0.2) is 16.6 Å². The third-order valence-corrected chi connectivity index (χ3v) is 3.40. The third kappa shape index (κ3) is 1.78. The maximum Gasteiger partial charge on any atom is 0.250 e. The zero-order valence-electron chi connectivity index (χ0n) is 7.14. The van der Waals surface area contributed by atoms with Crippen LogP contribution in [-0.4, -0.2) is 12.5 Å². The van der Waals surface area contributed by atoms with E-state index < -0.39 is 0 Å². The Hall–Kier alpha value is -0.580. The molecule has 0 unspecified atom stereocenters. The Morgan fingerprint density at radius 3 is 3.00 bits per heavy atom. The summed E-state index contributed by atoms with van der Waals surface area (Å²) in [6, 6.07) is 3.51. The predicted molar refractivity (Wildman–Crippen MR) is 57.4 cm³/mol. The fraction of sp³-hybridized carbons (Fsp3) is 0.222. The van der Waals surface area contributed by atoms with Crippen LogP contribution in [0.5, 0.6) is 0 Å². The maximum absolute atomic E-state index is 11.2. The zero-order chi connectivity index (χ0) is 10.1. The Morgan fingerprint density at radius 1 is 1.43 bits per heavy atom. The van der Waals surface area contributed by atoms with Gasteiger partial charge in [-0.05, 0) is 28.1 Å². The number of benzene rings is 1. The maximum atomic E-state index is 11.2. The fourth-order valence-corrected chi connectivity index (χ4v) is 1.92. The normalized spacial score (nSPS) is 15.7. The molecule has 1 aromatic carbocycles. The van der Waals surface area contributed by atoms with E-state index in [-0.39, 0.29) is 12.5 Å². The number of ether oxygens (including phenoxy) is 1. The summed E-state index contributed by atoms with van der Waals surface area (Å²) in [4.78, 5) is 11.2. The van der Waals surface area contributed by atoms with Crippen LogP contribution in [0.2, 0.25) is 5.02 Å². The Bertz CT molecular complexity index is 395. The van der Waals surface area contributed by atoms with Gasteiger partial charge in [-0.25, -0.2) is 0 Å². The summed E-state index contributed by atoms with van der Waals surface area (Å²) in [6.45, 7) is 0.466. The molecular weight excluding hydrogens is 269 g/mol. The smallest absolute Gasteiger partial charge is 0.250 e. The second-order valence-corrected chi connectivity index (χ2v) is 4.13. The first-order valence-electron chi connectivity index (χ1n) is 4.03. The summed E-state index contributed by atoms with van der Waals surface area (Å²) in [7, 11) is 0. The van der Waals surface area contributed by atoms with Gasteiger partial charge in [0.1, 0.15) is 6.61 Å². The molecule has 3 nitrogen and oxygen atoms in total. The molecule has 74 valence electrons. The van der Waals surface area contributed by atoms with E-state index in [9.17, 15) is 4.79 Å². The largest absolute Gasteiger partial charge is 0.367 e. The number of rotatable bonds is 0. The van der Waals surface area contributed by atoms with Crippen molar-refractivity contribution in [2.75, 3.05) is 11.9 Å². The molecule has 5 heteroatoms. The highest BCUT2D eigenvalue weighted by Gasteiger charge is 2.16. The Kier molecular flexibility index (Phi) is 2.76. The molecule has 0 saturated heterocycles. The molecule has 0 aromatic heterocycles. The van der Waals surface area contributed by atoms with Gasteiger partial charge >= 0.3 is 0 Å². The number of anilines is 1. The Labute approximate surface area is 94.5 Å². The molecule has 0 aliphatic carbocycles. The molecule has 0 spiro atoms. The Morgan fingerprint density at radius 2 is 2.21 bits per heavy atom.